The SMILES string of the molecule is COc1ncc(-c2ccc3c(c2)c(C(C)=O)cn3CC(=O)N2C[C@H](F)C[C@H]2C(=O)NC2=CC=CC(Br)=CC2)cn1. The van der Waals surface area contributed by atoms with Gasteiger partial charge in [0.2, 0.25) is 11.8 Å². The lowest BCUT2D eigenvalue weighted by Gasteiger charge is -2.24. The van der Waals surface area contributed by atoms with Gasteiger partial charge in [-0.1, -0.05) is 34.1 Å². The minimum absolute atomic E-state index is 0.0708. The maximum Gasteiger partial charge on any atom is 0.316 e. The molecule has 1 fully saturated rings. The number of aromatic nitrogens is 3. The second-order valence-corrected chi connectivity index (χ2v) is 10.6. The van der Waals surface area contributed by atoms with E-state index in [1.54, 1.807) is 35.3 Å². The Bertz CT molecular complexity index is 1570. The van der Waals surface area contributed by atoms with Gasteiger partial charge in [0, 0.05) is 63.6 Å². The number of nitrogens with zero attached hydrogens (tertiary/aromatic N) is 4. The Hall–Kier alpha value is -4.12. The topological polar surface area (TPSA) is 106 Å². The zero-order valence-corrected chi connectivity index (χ0v) is 23.5. The molecular formula is C29H27BrFN5O4. The fourth-order valence-corrected chi connectivity index (χ4v) is 5.25. The number of carbonyl (C=O) groups is 3. The first kappa shape index (κ1) is 27.4. The Labute approximate surface area is 238 Å². The smallest absolute Gasteiger partial charge is 0.316 e. The van der Waals surface area contributed by atoms with Crippen molar-refractivity contribution in [3.8, 4) is 17.1 Å². The van der Waals surface area contributed by atoms with Gasteiger partial charge in [-0.2, -0.15) is 0 Å². The number of ether oxygens (including phenoxy) is 1. The number of allylic oxidation sites excluding steroid dienone is 5. The number of alkyl halides is 1. The molecule has 2 amide bonds. The van der Waals surface area contributed by atoms with Crippen molar-refractivity contribution in [2.45, 2.75) is 38.5 Å². The highest BCUT2D eigenvalue weighted by atomic mass is 79.9. The molecule has 9 nitrogen and oxygen atoms in total. The molecule has 0 unspecified atom stereocenters. The zero-order chi connectivity index (χ0) is 28.4. The van der Waals surface area contributed by atoms with Crippen molar-refractivity contribution in [2.75, 3.05) is 13.7 Å². The Morgan fingerprint density at radius 2 is 1.98 bits per heavy atom. The molecular weight excluding hydrogens is 581 g/mol. The number of hydrogen-bond donors (Lipinski definition) is 1. The second-order valence-electron chi connectivity index (χ2n) is 9.65. The predicted octanol–water partition coefficient (Wildman–Crippen LogP) is 4.49. The van der Waals surface area contributed by atoms with Crippen LogP contribution in [0.2, 0.25) is 0 Å². The first-order valence-corrected chi connectivity index (χ1v) is 13.5. The van der Waals surface area contributed by atoms with Crippen LogP contribution in [0.5, 0.6) is 6.01 Å². The number of likely N-dealkylation sites (tertiary alicyclic amines) is 1. The van der Waals surface area contributed by atoms with Crippen LogP contribution in [-0.4, -0.2) is 62.9 Å². The van der Waals surface area contributed by atoms with Crippen molar-refractivity contribution in [1.82, 2.24) is 24.8 Å². The maximum atomic E-state index is 14.5. The molecule has 1 saturated heterocycles. The highest BCUT2D eigenvalue weighted by molar-refractivity contribution is 9.11. The van der Waals surface area contributed by atoms with Crippen molar-refractivity contribution in [3.05, 3.63) is 76.8 Å². The summed E-state index contributed by atoms with van der Waals surface area (Å²) in [6.45, 7) is 1.15. The van der Waals surface area contributed by atoms with E-state index in [2.05, 4.69) is 31.2 Å². The van der Waals surface area contributed by atoms with Crippen molar-refractivity contribution in [1.29, 1.82) is 0 Å². The second kappa shape index (κ2) is 11.5. The van der Waals surface area contributed by atoms with E-state index in [1.807, 2.05) is 30.4 Å². The van der Waals surface area contributed by atoms with Crippen molar-refractivity contribution >= 4 is 44.4 Å². The van der Waals surface area contributed by atoms with Crippen molar-refractivity contribution in [3.63, 3.8) is 0 Å². The number of rotatable bonds is 7. The minimum Gasteiger partial charge on any atom is -0.467 e. The van der Waals surface area contributed by atoms with Crippen LogP contribution in [0.15, 0.2) is 71.3 Å². The van der Waals surface area contributed by atoms with Gasteiger partial charge in [0.25, 0.3) is 0 Å². The third kappa shape index (κ3) is 5.74. The van der Waals surface area contributed by atoms with Crippen LogP contribution in [-0.2, 0) is 16.1 Å². The van der Waals surface area contributed by atoms with Crippen LogP contribution in [0.25, 0.3) is 22.0 Å². The summed E-state index contributed by atoms with van der Waals surface area (Å²) in [5.74, 6) is -0.988. The Morgan fingerprint density at radius 1 is 1.20 bits per heavy atom. The zero-order valence-electron chi connectivity index (χ0n) is 21.9. The third-order valence-corrected chi connectivity index (χ3v) is 7.52. The molecule has 2 aromatic heterocycles. The summed E-state index contributed by atoms with van der Waals surface area (Å²) in [4.78, 5) is 48.6. The molecule has 0 bridgehead atoms. The Kier molecular flexibility index (Phi) is 7.92. The number of fused-ring (bicyclic) bond motifs is 1. The molecule has 1 aromatic carbocycles. The van der Waals surface area contributed by atoms with Crippen LogP contribution in [0.3, 0.4) is 0 Å². The summed E-state index contributed by atoms with van der Waals surface area (Å²) >= 11 is 3.41. The Balaban J connectivity index is 1.38. The molecule has 1 N–H and O–H groups in total. The van der Waals surface area contributed by atoms with Gasteiger partial charge in [-0.05, 0) is 36.8 Å². The fourth-order valence-electron chi connectivity index (χ4n) is 4.94. The first-order valence-electron chi connectivity index (χ1n) is 12.7. The number of halogens is 2. The molecule has 0 saturated carbocycles. The van der Waals surface area contributed by atoms with Gasteiger partial charge in [-0.25, -0.2) is 14.4 Å². The van der Waals surface area contributed by atoms with E-state index < -0.39 is 24.0 Å². The van der Waals surface area contributed by atoms with Gasteiger partial charge in [0.1, 0.15) is 18.8 Å². The standard InChI is InChI=1S/C29H27BrFN5O4/c1-17(37)24-15-35(25-9-6-18(10-23(24)25)19-12-32-29(40-2)33-13-19)16-27(38)36-14-21(31)11-26(36)28(39)34-22-5-3-4-20(30)7-8-22/h3-7,9-10,12-13,15,21,26H,8,11,14,16H2,1-2H3,(H,34,39)/t21-,26+/m1/s1. The van der Waals surface area contributed by atoms with Crippen molar-refractivity contribution in [2.24, 2.45) is 0 Å². The molecule has 0 radical (unpaired) electrons. The van der Waals surface area contributed by atoms with E-state index in [0.29, 0.717) is 28.6 Å². The summed E-state index contributed by atoms with van der Waals surface area (Å²) < 4.78 is 22.1. The summed E-state index contributed by atoms with van der Waals surface area (Å²) in [5, 5.41) is 3.51. The number of amides is 2. The number of ketones is 1. The van der Waals surface area contributed by atoms with E-state index in [9.17, 15) is 18.8 Å². The van der Waals surface area contributed by atoms with Crippen molar-refractivity contribution < 1.29 is 23.5 Å². The third-order valence-electron chi connectivity index (χ3n) is 6.94. The summed E-state index contributed by atoms with van der Waals surface area (Å²) in [7, 11) is 1.48. The molecule has 3 aromatic rings. The van der Waals surface area contributed by atoms with Gasteiger partial charge in [-0.15, -0.1) is 0 Å². The summed E-state index contributed by atoms with van der Waals surface area (Å²) in [6.07, 6.45) is 11.3. The van der Waals surface area contributed by atoms with E-state index in [-0.39, 0.29) is 31.3 Å². The number of nitrogens with one attached hydrogen (secondary N) is 1. The minimum atomic E-state index is -1.31. The predicted molar refractivity (Wildman–Crippen MR) is 152 cm³/mol. The summed E-state index contributed by atoms with van der Waals surface area (Å²) in [5.41, 5.74) is 3.31. The highest BCUT2D eigenvalue weighted by Crippen LogP contribution is 2.29. The van der Waals surface area contributed by atoms with Crippen LogP contribution >= 0.6 is 15.9 Å². The van der Waals surface area contributed by atoms with Gasteiger partial charge in [0.05, 0.1) is 13.7 Å². The van der Waals surface area contributed by atoms with Crippen LogP contribution in [0.4, 0.5) is 4.39 Å². The summed E-state index contributed by atoms with van der Waals surface area (Å²) in [6, 6.07) is 4.83. The number of Topliss-reactive ketones (excluding diaryl/α,β-unsaturated/α-hetero) is 1. The van der Waals surface area contributed by atoms with Crippen LogP contribution in [0.1, 0.15) is 30.1 Å². The maximum absolute atomic E-state index is 14.5. The van der Waals surface area contributed by atoms with Gasteiger partial charge < -0.3 is 19.5 Å². The lowest BCUT2D eigenvalue weighted by molar-refractivity contribution is -0.138. The molecule has 2 atom stereocenters. The lowest BCUT2D eigenvalue weighted by atomic mass is 10.0. The van der Waals surface area contributed by atoms with E-state index in [0.717, 1.165) is 15.6 Å². The molecule has 11 heteroatoms. The average Bonchev–Trinajstić information content (AvgIpc) is 3.45. The highest BCUT2D eigenvalue weighted by Gasteiger charge is 2.40. The molecule has 0 spiro atoms. The van der Waals surface area contributed by atoms with E-state index in [1.165, 1.54) is 18.9 Å². The largest absolute Gasteiger partial charge is 0.467 e. The molecule has 1 aliphatic carbocycles. The van der Waals surface area contributed by atoms with Gasteiger partial charge >= 0.3 is 6.01 Å². The number of hydrogen-bond acceptors (Lipinski definition) is 6. The van der Waals surface area contributed by atoms with Crippen LogP contribution in [0, 0.1) is 0 Å². The van der Waals surface area contributed by atoms with Gasteiger partial charge in [-0.3, -0.25) is 14.4 Å². The van der Waals surface area contributed by atoms with E-state index in [4.69, 9.17) is 4.74 Å². The monoisotopic (exact) mass is 607 g/mol. The molecule has 2 aliphatic rings. The van der Waals surface area contributed by atoms with Crippen LogP contribution < -0.4 is 10.1 Å². The Morgan fingerprint density at radius 3 is 2.70 bits per heavy atom. The van der Waals surface area contributed by atoms with Gasteiger partial charge in [0.15, 0.2) is 5.78 Å². The number of benzene rings is 1. The molecule has 5 rings (SSSR count). The molecule has 3 heterocycles. The quantitative estimate of drug-likeness (QED) is 0.397. The first-order chi connectivity index (χ1) is 19.2. The fraction of sp³-hybridized carbons (Fsp3) is 0.276. The molecule has 1 aliphatic heterocycles. The molecule has 206 valence electrons. The average molecular weight is 608 g/mol. The number of methoxy groups -OCH3 is 1. The molecule has 40 heavy (non-hydrogen) atoms. The number of carbonyl (C=O) groups excluding carboxylic acids is 3. The lowest BCUT2D eigenvalue weighted by Crippen LogP contribution is -2.46. The van der Waals surface area contributed by atoms with E-state index >= 15 is 0 Å². The normalized spacial score (nSPS) is 18.8.